The van der Waals surface area contributed by atoms with E-state index in [0.29, 0.717) is 15.8 Å². The number of hydrogen-bond acceptors (Lipinski definition) is 4. The normalized spacial score (nSPS) is 9.82. The SMILES string of the molecule is CCOC(=O)CC(=O)c1cc(OC)ccc1Br. The third-order valence-electron chi connectivity index (χ3n) is 2.08. The van der Waals surface area contributed by atoms with Crippen LogP contribution in [0.25, 0.3) is 0 Å². The lowest BCUT2D eigenvalue weighted by molar-refractivity contribution is -0.141. The first-order valence-corrected chi connectivity index (χ1v) is 5.90. The molecule has 0 fully saturated rings. The summed E-state index contributed by atoms with van der Waals surface area (Å²) in [5, 5.41) is 0. The van der Waals surface area contributed by atoms with E-state index in [9.17, 15) is 9.59 Å². The number of ketones is 1. The Morgan fingerprint density at radius 1 is 1.35 bits per heavy atom. The minimum Gasteiger partial charge on any atom is -0.497 e. The fraction of sp³-hybridized carbons (Fsp3) is 0.333. The van der Waals surface area contributed by atoms with Crippen molar-refractivity contribution in [1.29, 1.82) is 0 Å². The summed E-state index contributed by atoms with van der Waals surface area (Å²) in [6.45, 7) is 1.97. The predicted octanol–water partition coefficient (Wildman–Crippen LogP) is 2.59. The summed E-state index contributed by atoms with van der Waals surface area (Å²) in [7, 11) is 1.52. The Kier molecular flexibility index (Phi) is 5.15. The lowest BCUT2D eigenvalue weighted by Crippen LogP contribution is -2.11. The number of benzene rings is 1. The van der Waals surface area contributed by atoms with Crippen LogP contribution in [0.4, 0.5) is 0 Å². The van der Waals surface area contributed by atoms with E-state index in [0.717, 1.165) is 0 Å². The third kappa shape index (κ3) is 3.85. The number of methoxy groups -OCH3 is 1. The van der Waals surface area contributed by atoms with E-state index in [2.05, 4.69) is 15.9 Å². The first kappa shape index (κ1) is 13.7. The summed E-state index contributed by atoms with van der Waals surface area (Å²) in [5.74, 6) is -0.248. The highest BCUT2D eigenvalue weighted by atomic mass is 79.9. The van der Waals surface area contributed by atoms with Crippen LogP contribution in [-0.4, -0.2) is 25.5 Å². The molecule has 0 N–H and O–H groups in total. The van der Waals surface area contributed by atoms with Crippen molar-refractivity contribution >= 4 is 27.7 Å². The van der Waals surface area contributed by atoms with Gasteiger partial charge in [0.05, 0.1) is 13.7 Å². The number of carbonyl (C=O) groups excluding carboxylic acids is 2. The number of halogens is 1. The molecule has 0 unspecified atom stereocenters. The second kappa shape index (κ2) is 6.39. The highest BCUT2D eigenvalue weighted by molar-refractivity contribution is 9.10. The number of rotatable bonds is 5. The van der Waals surface area contributed by atoms with Gasteiger partial charge in [0.25, 0.3) is 0 Å². The van der Waals surface area contributed by atoms with E-state index >= 15 is 0 Å². The second-order valence-electron chi connectivity index (χ2n) is 3.25. The van der Waals surface area contributed by atoms with Crippen LogP contribution in [0.5, 0.6) is 5.75 Å². The molecule has 0 aliphatic rings. The van der Waals surface area contributed by atoms with Crippen LogP contribution in [0, 0.1) is 0 Å². The molecule has 17 heavy (non-hydrogen) atoms. The summed E-state index contributed by atoms with van der Waals surface area (Å²) in [5.41, 5.74) is 0.414. The molecular formula is C12H13BrO4. The lowest BCUT2D eigenvalue weighted by atomic mass is 10.1. The predicted molar refractivity (Wildman–Crippen MR) is 66.3 cm³/mol. The Morgan fingerprint density at radius 2 is 2.06 bits per heavy atom. The molecule has 0 spiro atoms. The van der Waals surface area contributed by atoms with Crippen LogP contribution < -0.4 is 4.74 Å². The molecule has 0 aliphatic heterocycles. The molecule has 0 heterocycles. The fourth-order valence-electron chi connectivity index (χ4n) is 1.28. The monoisotopic (exact) mass is 300 g/mol. The minimum atomic E-state index is -0.521. The number of esters is 1. The molecule has 0 atom stereocenters. The first-order chi connectivity index (χ1) is 8.08. The molecule has 0 bridgehead atoms. The Morgan fingerprint density at radius 3 is 2.65 bits per heavy atom. The summed E-state index contributed by atoms with van der Waals surface area (Å²) in [6, 6.07) is 5.02. The largest absolute Gasteiger partial charge is 0.497 e. The maximum atomic E-state index is 11.8. The van der Waals surface area contributed by atoms with Gasteiger partial charge in [0.1, 0.15) is 12.2 Å². The van der Waals surface area contributed by atoms with Gasteiger partial charge in [0.15, 0.2) is 5.78 Å². The van der Waals surface area contributed by atoms with Crippen LogP contribution in [0.3, 0.4) is 0 Å². The molecule has 0 saturated heterocycles. The number of Topliss-reactive ketones (excluding diaryl/α,β-unsaturated/α-hetero) is 1. The Hall–Kier alpha value is -1.36. The highest BCUT2D eigenvalue weighted by Crippen LogP contribution is 2.23. The van der Waals surface area contributed by atoms with Crippen molar-refractivity contribution in [3.63, 3.8) is 0 Å². The molecule has 1 aromatic carbocycles. The third-order valence-corrected chi connectivity index (χ3v) is 2.78. The summed E-state index contributed by atoms with van der Waals surface area (Å²) in [6.07, 6.45) is -0.264. The van der Waals surface area contributed by atoms with Crippen LogP contribution in [-0.2, 0) is 9.53 Å². The molecule has 1 rings (SSSR count). The molecule has 4 nitrogen and oxygen atoms in total. The van der Waals surface area contributed by atoms with E-state index < -0.39 is 5.97 Å². The smallest absolute Gasteiger partial charge is 0.313 e. The second-order valence-corrected chi connectivity index (χ2v) is 4.11. The zero-order chi connectivity index (χ0) is 12.8. The van der Waals surface area contributed by atoms with Gasteiger partial charge >= 0.3 is 5.97 Å². The summed E-state index contributed by atoms with van der Waals surface area (Å²) >= 11 is 3.26. The van der Waals surface area contributed by atoms with Gasteiger partial charge in [-0.25, -0.2) is 0 Å². The summed E-state index contributed by atoms with van der Waals surface area (Å²) < 4.78 is 10.4. The number of hydrogen-bond donors (Lipinski definition) is 0. The lowest BCUT2D eigenvalue weighted by Gasteiger charge is -2.06. The van der Waals surface area contributed by atoms with Crippen LogP contribution in [0.2, 0.25) is 0 Å². The Balaban J connectivity index is 2.84. The molecule has 92 valence electrons. The van der Waals surface area contributed by atoms with Crippen LogP contribution in [0.15, 0.2) is 22.7 Å². The minimum absolute atomic E-state index is 0.264. The molecule has 1 aromatic rings. The number of carbonyl (C=O) groups is 2. The molecule has 0 radical (unpaired) electrons. The highest BCUT2D eigenvalue weighted by Gasteiger charge is 2.16. The van der Waals surface area contributed by atoms with Crippen molar-refractivity contribution in [2.24, 2.45) is 0 Å². The van der Waals surface area contributed by atoms with E-state index in [4.69, 9.17) is 9.47 Å². The van der Waals surface area contributed by atoms with Crippen molar-refractivity contribution in [3.05, 3.63) is 28.2 Å². The molecule has 0 amide bonds. The molecule has 5 heteroatoms. The molecule has 0 aliphatic carbocycles. The van der Waals surface area contributed by atoms with Crippen LogP contribution in [0.1, 0.15) is 23.7 Å². The van der Waals surface area contributed by atoms with E-state index in [1.807, 2.05) is 0 Å². The quantitative estimate of drug-likeness (QED) is 0.476. The van der Waals surface area contributed by atoms with Gasteiger partial charge < -0.3 is 9.47 Å². The van der Waals surface area contributed by atoms with E-state index in [1.165, 1.54) is 7.11 Å². The van der Waals surface area contributed by atoms with E-state index in [-0.39, 0.29) is 18.8 Å². The van der Waals surface area contributed by atoms with Crippen molar-refractivity contribution < 1.29 is 19.1 Å². The van der Waals surface area contributed by atoms with Gasteiger partial charge in [-0.3, -0.25) is 9.59 Å². The maximum Gasteiger partial charge on any atom is 0.313 e. The van der Waals surface area contributed by atoms with Gasteiger partial charge in [-0.15, -0.1) is 0 Å². The van der Waals surface area contributed by atoms with Gasteiger partial charge in [-0.1, -0.05) is 15.9 Å². The molecule has 0 saturated carbocycles. The van der Waals surface area contributed by atoms with E-state index in [1.54, 1.807) is 25.1 Å². The summed E-state index contributed by atoms with van der Waals surface area (Å²) in [4.78, 5) is 23.0. The van der Waals surface area contributed by atoms with Crippen LogP contribution >= 0.6 is 15.9 Å². The van der Waals surface area contributed by atoms with Gasteiger partial charge in [-0.05, 0) is 25.1 Å². The Bertz CT molecular complexity index is 429. The molecular weight excluding hydrogens is 288 g/mol. The first-order valence-electron chi connectivity index (χ1n) is 5.10. The standard InChI is InChI=1S/C12H13BrO4/c1-3-17-12(15)7-11(14)9-6-8(16-2)4-5-10(9)13/h4-6H,3,7H2,1-2H3. The van der Waals surface area contributed by atoms with Gasteiger partial charge in [0.2, 0.25) is 0 Å². The van der Waals surface area contributed by atoms with Crippen molar-refractivity contribution in [1.82, 2.24) is 0 Å². The van der Waals surface area contributed by atoms with Crippen molar-refractivity contribution in [3.8, 4) is 5.75 Å². The topological polar surface area (TPSA) is 52.6 Å². The van der Waals surface area contributed by atoms with Crippen molar-refractivity contribution in [2.45, 2.75) is 13.3 Å². The fourth-order valence-corrected chi connectivity index (χ4v) is 1.75. The average molecular weight is 301 g/mol. The Labute approximate surface area is 108 Å². The zero-order valence-corrected chi connectivity index (χ0v) is 11.2. The maximum absolute atomic E-state index is 11.8. The number of ether oxygens (including phenoxy) is 2. The zero-order valence-electron chi connectivity index (χ0n) is 9.66. The van der Waals surface area contributed by atoms with Crippen molar-refractivity contribution in [2.75, 3.05) is 13.7 Å². The van der Waals surface area contributed by atoms with Gasteiger partial charge in [-0.2, -0.15) is 0 Å². The average Bonchev–Trinajstić information content (AvgIpc) is 2.29. The molecule has 0 aromatic heterocycles. The van der Waals surface area contributed by atoms with Gasteiger partial charge in [0, 0.05) is 10.0 Å².